The van der Waals surface area contributed by atoms with E-state index in [-0.39, 0.29) is 5.91 Å². The van der Waals surface area contributed by atoms with Crippen LogP contribution in [0, 0.1) is 0 Å². The van der Waals surface area contributed by atoms with Crippen molar-refractivity contribution in [3.05, 3.63) is 54.9 Å². The minimum Gasteiger partial charge on any atom is -0.326 e. The number of nitrogens with one attached hydrogen (secondary N) is 1. The SMILES string of the molecule is CN1CCN(CCC(=O)Nc2ccc3c(c2)ncn3-c2ccccc2)CC1. The van der Waals surface area contributed by atoms with Crippen molar-refractivity contribution in [2.75, 3.05) is 45.1 Å². The number of aromatic nitrogens is 2. The van der Waals surface area contributed by atoms with E-state index in [0.717, 1.165) is 55.1 Å². The fourth-order valence-corrected chi connectivity index (χ4v) is 3.44. The summed E-state index contributed by atoms with van der Waals surface area (Å²) in [6.45, 7) is 5.02. The molecular weight excluding hydrogens is 338 g/mol. The maximum absolute atomic E-state index is 12.3. The monoisotopic (exact) mass is 363 g/mol. The first-order chi connectivity index (χ1) is 13.2. The Kier molecular flexibility index (Phi) is 5.18. The molecule has 2 aromatic carbocycles. The Bertz CT molecular complexity index is 913. The lowest BCUT2D eigenvalue weighted by Gasteiger charge is -2.32. The highest BCUT2D eigenvalue weighted by molar-refractivity contribution is 5.93. The van der Waals surface area contributed by atoms with Gasteiger partial charge in [0.25, 0.3) is 0 Å². The Morgan fingerprint density at radius 2 is 1.85 bits per heavy atom. The number of imidazole rings is 1. The summed E-state index contributed by atoms with van der Waals surface area (Å²) < 4.78 is 2.05. The van der Waals surface area contributed by atoms with Crippen LogP contribution < -0.4 is 5.32 Å². The van der Waals surface area contributed by atoms with E-state index >= 15 is 0 Å². The second-order valence-electron chi connectivity index (χ2n) is 7.10. The molecule has 140 valence electrons. The van der Waals surface area contributed by atoms with Gasteiger partial charge in [0, 0.05) is 50.5 Å². The third kappa shape index (κ3) is 4.18. The van der Waals surface area contributed by atoms with Gasteiger partial charge in [-0.2, -0.15) is 0 Å². The van der Waals surface area contributed by atoms with Crippen LogP contribution in [0.15, 0.2) is 54.9 Å². The number of benzene rings is 2. The van der Waals surface area contributed by atoms with Crippen LogP contribution >= 0.6 is 0 Å². The zero-order valence-corrected chi connectivity index (χ0v) is 15.6. The molecule has 27 heavy (non-hydrogen) atoms. The summed E-state index contributed by atoms with van der Waals surface area (Å²) in [5, 5.41) is 3.01. The number of carbonyl (C=O) groups excluding carboxylic acids is 1. The molecule has 6 nitrogen and oxygen atoms in total. The smallest absolute Gasteiger partial charge is 0.225 e. The molecule has 1 saturated heterocycles. The van der Waals surface area contributed by atoms with Crippen LogP contribution in [0.2, 0.25) is 0 Å². The topological polar surface area (TPSA) is 53.4 Å². The van der Waals surface area contributed by atoms with E-state index in [2.05, 4.69) is 39.3 Å². The summed E-state index contributed by atoms with van der Waals surface area (Å²) in [6, 6.07) is 16.0. The van der Waals surface area contributed by atoms with Gasteiger partial charge in [0.05, 0.1) is 11.0 Å². The van der Waals surface area contributed by atoms with Crippen LogP contribution in [-0.2, 0) is 4.79 Å². The van der Waals surface area contributed by atoms with Crippen LogP contribution in [0.4, 0.5) is 5.69 Å². The van der Waals surface area contributed by atoms with Gasteiger partial charge in [0.1, 0.15) is 6.33 Å². The first-order valence-corrected chi connectivity index (χ1v) is 9.42. The molecule has 1 aromatic heterocycles. The van der Waals surface area contributed by atoms with Crippen molar-refractivity contribution in [2.45, 2.75) is 6.42 Å². The van der Waals surface area contributed by atoms with Crippen molar-refractivity contribution in [3.8, 4) is 5.69 Å². The number of fused-ring (bicyclic) bond motifs is 1. The van der Waals surface area contributed by atoms with Crippen LogP contribution in [0.25, 0.3) is 16.7 Å². The molecule has 1 fully saturated rings. The lowest BCUT2D eigenvalue weighted by Crippen LogP contribution is -2.45. The highest BCUT2D eigenvalue weighted by atomic mass is 16.1. The van der Waals surface area contributed by atoms with Gasteiger partial charge in [-0.1, -0.05) is 18.2 Å². The quantitative estimate of drug-likeness (QED) is 0.757. The zero-order chi connectivity index (χ0) is 18.6. The Balaban J connectivity index is 1.39. The van der Waals surface area contributed by atoms with Gasteiger partial charge < -0.3 is 15.1 Å². The number of likely N-dealkylation sites (N-methyl/N-ethyl adjacent to an activating group) is 1. The summed E-state index contributed by atoms with van der Waals surface area (Å²) >= 11 is 0. The number of carbonyl (C=O) groups is 1. The number of hydrogen-bond acceptors (Lipinski definition) is 4. The van der Waals surface area contributed by atoms with Crippen molar-refractivity contribution >= 4 is 22.6 Å². The van der Waals surface area contributed by atoms with Gasteiger partial charge in [-0.3, -0.25) is 9.36 Å². The molecule has 0 atom stereocenters. The van der Waals surface area contributed by atoms with Crippen LogP contribution in [-0.4, -0.2) is 65.0 Å². The van der Waals surface area contributed by atoms with Crippen molar-refractivity contribution in [2.24, 2.45) is 0 Å². The molecule has 0 saturated carbocycles. The molecule has 1 aliphatic rings. The number of rotatable bonds is 5. The number of hydrogen-bond donors (Lipinski definition) is 1. The molecule has 1 N–H and O–H groups in total. The summed E-state index contributed by atoms with van der Waals surface area (Å²) in [6.07, 6.45) is 2.33. The van der Waals surface area contributed by atoms with E-state index in [1.54, 1.807) is 0 Å². The summed E-state index contributed by atoms with van der Waals surface area (Å²) in [4.78, 5) is 21.5. The van der Waals surface area contributed by atoms with Gasteiger partial charge >= 0.3 is 0 Å². The van der Waals surface area contributed by atoms with Crippen LogP contribution in [0.3, 0.4) is 0 Å². The summed E-state index contributed by atoms with van der Waals surface area (Å²) in [5.41, 5.74) is 3.76. The molecule has 0 aliphatic carbocycles. The van der Waals surface area contributed by atoms with Gasteiger partial charge in [0.15, 0.2) is 0 Å². The predicted octanol–water partition coefficient (Wildman–Crippen LogP) is 2.60. The molecule has 4 rings (SSSR count). The van der Waals surface area contributed by atoms with E-state index in [0.29, 0.717) is 6.42 Å². The number of nitrogens with zero attached hydrogens (tertiary/aromatic N) is 4. The lowest BCUT2D eigenvalue weighted by atomic mass is 10.2. The average Bonchev–Trinajstić information content (AvgIpc) is 3.11. The largest absolute Gasteiger partial charge is 0.326 e. The Hall–Kier alpha value is -2.70. The van der Waals surface area contributed by atoms with Crippen molar-refractivity contribution in [3.63, 3.8) is 0 Å². The third-order valence-corrected chi connectivity index (χ3v) is 5.12. The minimum atomic E-state index is 0.0516. The van der Waals surface area contributed by atoms with Crippen LogP contribution in [0.1, 0.15) is 6.42 Å². The predicted molar refractivity (Wildman–Crippen MR) is 108 cm³/mol. The molecule has 0 radical (unpaired) electrons. The molecule has 2 heterocycles. The highest BCUT2D eigenvalue weighted by Gasteiger charge is 2.15. The van der Waals surface area contributed by atoms with E-state index in [9.17, 15) is 4.79 Å². The molecule has 0 spiro atoms. The maximum atomic E-state index is 12.3. The molecule has 1 amide bonds. The third-order valence-electron chi connectivity index (χ3n) is 5.12. The normalized spacial score (nSPS) is 15.9. The lowest BCUT2D eigenvalue weighted by molar-refractivity contribution is -0.116. The molecular formula is C21H25N5O. The number of anilines is 1. The summed E-state index contributed by atoms with van der Waals surface area (Å²) in [5.74, 6) is 0.0516. The maximum Gasteiger partial charge on any atom is 0.225 e. The molecule has 0 unspecified atom stereocenters. The minimum absolute atomic E-state index is 0.0516. The van der Waals surface area contributed by atoms with Gasteiger partial charge in [-0.25, -0.2) is 4.98 Å². The van der Waals surface area contributed by atoms with Crippen molar-refractivity contribution in [1.82, 2.24) is 19.4 Å². The van der Waals surface area contributed by atoms with Gasteiger partial charge in [-0.15, -0.1) is 0 Å². The van der Waals surface area contributed by atoms with E-state index < -0.39 is 0 Å². The molecule has 3 aromatic rings. The Morgan fingerprint density at radius 3 is 2.63 bits per heavy atom. The number of para-hydroxylation sites is 1. The first-order valence-electron chi connectivity index (χ1n) is 9.42. The van der Waals surface area contributed by atoms with E-state index in [4.69, 9.17) is 0 Å². The number of piperazine rings is 1. The highest BCUT2D eigenvalue weighted by Crippen LogP contribution is 2.21. The fourth-order valence-electron chi connectivity index (χ4n) is 3.44. The molecule has 0 bridgehead atoms. The Labute approximate surface area is 159 Å². The van der Waals surface area contributed by atoms with E-state index in [1.807, 2.05) is 47.3 Å². The zero-order valence-electron chi connectivity index (χ0n) is 15.6. The molecule has 6 heteroatoms. The van der Waals surface area contributed by atoms with Crippen LogP contribution in [0.5, 0.6) is 0 Å². The second kappa shape index (κ2) is 7.90. The molecule has 1 aliphatic heterocycles. The standard InChI is InChI=1S/C21H25N5O/c1-24-11-13-25(14-12-24)10-9-21(27)23-17-7-8-20-19(15-17)22-16-26(20)18-5-3-2-4-6-18/h2-8,15-16H,9-14H2,1H3,(H,23,27). The number of amides is 1. The summed E-state index contributed by atoms with van der Waals surface area (Å²) in [7, 11) is 2.14. The fraction of sp³-hybridized carbons (Fsp3) is 0.333. The first kappa shape index (κ1) is 17.7. The van der Waals surface area contributed by atoms with Gasteiger partial charge in [-0.05, 0) is 37.4 Å². The van der Waals surface area contributed by atoms with Crippen molar-refractivity contribution in [1.29, 1.82) is 0 Å². The van der Waals surface area contributed by atoms with E-state index in [1.165, 1.54) is 0 Å². The Morgan fingerprint density at radius 1 is 1.07 bits per heavy atom. The average molecular weight is 363 g/mol. The van der Waals surface area contributed by atoms with Crippen molar-refractivity contribution < 1.29 is 4.79 Å². The second-order valence-corrected chi connectivity index (χ2v) is 7.10. The van der Waals surface area contributed by atoms with Gasteiger partial charge in [0.2, 0.25) is 5.91 Å².